The summed E-state index contributed by atoms with van der Waals surface area (Å²) >= 11 is 1.83. The van der Waals surface area contributed by atoms with Gasteiger partial charge in [0.2, 0.25) is 0 Å². The van der Waals surface area contributed by atoms with Crippen molar-refractivity contribution in [1.29, 1.82) is 0 Å². The molecule has 3 aromatic rings. The highest BCUT2D eigenvalue weighted by Gasteiger charge is 2.19. The number of hydrogen-bond donors (Lipinski definition) is 1. The molecule has 0 bridgehead atoms. The van der Waals surface area contributed by atoms with Gasteiger partial charge in [-0.3, -0.25) is 0 Å². The summed E-state index contributed by atoms with van der Waals surface area (Å²) in [6.45, 7) is 7.06. The van der Waals surface area contributed by atoms with Crippen LogP contribution in [-0.4, -0.2) is 25.2 Å². The molecule has 1 aliphatic rings. The van der Waals surface area contributed by atoms with Gasteiger partial charge < -0.3 is 20.1 Å². The molecule has 0 fully saturated rings. The molecular formula is C27H35N3O2S. The molecule has 0 amide bonds. The minimum absolute atomic E-state index is 0.458. The Morgan fingerprint density at radius 2 is 1.91 bits per heavy atom. The molecule has 0 saturated heterocycles. The summed E-state index contributed by atoms with van der Waals surface area (Å²) < 4.78 is 11.9. The summed E-state index contributed by atoms with van der Waals surface area (Å²) in [5.41, 5.74) is 10.9. The van der Waals surface area contributed by atoms with Crippen LogP contribution in [0.2, 0.25) is 0 Å². The van der Waals surface area contributed by atoms with Crippen LogP contribution < -0.4 is 20.1 Å². The second-order valence-electron chi connectivity index (χ2n) is 8.91. The van der Waals surface area contributed by atoms with E-state index in [1.54, 1.807) is 7.11 Å². The van der Waals surface area contributed by atoms with Gasteiger partial charge in [0.25, 0.3) is 0 Å². The van der Waals surface area contributed by atoms with Crippen molar-refractivity contribution < 1.29 is 9.47 Å². The third kappa shape index (κ3) is 5.68. The van der Waals surface area contributed by atoms with Crippen molar-refractivity contribution in [3.63, 3.8) is 0 Å². The van der Waals surface area contributed by atoms with Gasteiger partial charge in [0, 0.05) is 24.5 Å². The lowest BCUT2D eigenvalue weighted by Gasteiger charge is -2.22. The zero-order valence-corrected chi connectivity index (χ0v) is 20.8. The Hall–Kier alpha value is -2.57. The quantitative estimate of drug-likeness (QED) is 0.416. The van der Waals surface area contributed by atoms with E-state index in [9.17, 15) is 0 Å². The fourth-order valence-corrected chi connectivity index (χ4v) is 5.58. The standard InChI is InChI=1S/C27H35N3O2S/c1-19(2)22-9-5-4-8-21(22)18-32-24-13-12-20(16-25(24)31-3)17-30(15-14-28)27-29-23-10-6-7-11-26(23)33-27/h4-5,8-9,12-13,16,19H,6-7,10-11,14-15,17-18,28H2,1-3H3. The molecule has 4 rings (SSSR count). The average molecular weight is 466 g/mol. The maximum Gasteiger partial charge on any atom is 0.186 e. The molecule has 0 saturated carbocycles. The van der Waals surface area contributed by atoms with Crippen molar-refractivity contribution in [1.82, 2.24) is 4.98 Å². The summed E-state index contributed by atoms with van der Waals surface area (Å²) in [5.74, 6) is 1.97. The van der Waals surface area contributed by atoms with Crippen molar-refractivity contribution in [2.45, 2.75) is 58.6 Å². The largest absolute Gasteiger partial charge is 0.493 e. The van der Waals surface area contributed by atoms with Crippen LogP contribution in [0.25, 0.3) is 0 Å². The Kier molecular flexibility index (Phi) is 7.89. The molecule has 0 radical (unpaired) electrons. The maximum atomic E-state index is 6.18. The molecule has 5 nitrogen and oxygen atoms in total. The lowest BCUT2D eigenvalue weighted by atomic mass is 9.98. The molecule has 33 heavy (non-hydrogen) atoms. The van der Waals surface area contributed by atoms with Crippen molar-refractivity contribution in [3.05, 3.63) is 69.7 Å². The maximum absolute atomic E-state index is 6.18. The predicted molar refractivity (Wildman–Crippen MR) is 137 cm³/mol. The first-order valence-corrected chi connectivity index (χ1v) is 12.7. The lowest BCUT2D eigenvalue weighted by Crippen LogP contribution is -2.28. The van der Waals surface area contributed by atoms with Crippen LogP contribution in [0, 0.1) is 0 Å². The van der Waals surface area contributed by atoms with E-state index in [1.165, 1.54) is 34.5 Å². The molecule has 0 unspecified atom stereocenters. The first kappa shape index (κ1) is 23.6. The van der Waals surface area contributed by atoms with E-state index in [0.717, 1.165) is 48.1 Å². The third-order valence-corrected chi connectivity index (χ3v) is 7.38. The van der Waals surface area contributed by atoms with Crippen LogP contribution in [0.3, 0.4) is 0 Å². The van der Waals surface area contributed by atoms with E-state index in [2.05, 4.69) is 55.1 Å². The Morgan fingerprint density at radius 3 is 2.67 bits per heavy atom. The van der Waals surface area contributed by atoms with Gasteiger partial charge in [0.15, 0.2) is 16.6 Å². The van der Waals surface area contributed by atoms with Gasteiger partial charge in [-0.1, -0.05) is 44.2 Å². The number of fused-ring (bicyclic) bond motifs is 1. The van der Waals surface area contributed by atoms with Crippen LogP contribution in [-0.2, 0) is 26.0 Å². The fourth-order valence-electron chi connectivity index (χ4n) is 4.41. The minimum atomic E-state index is 0.458. The van der Waals surface area contributed by atoms with Crippen LogP contribution in [0.15, 0.2) is 42.5 Å². The topological polar surface area (TPSA) is 60.6 Å². The second kappa shape index (κ2) is 11.0. The summed E-state index contributed by atoms with van der Waals surface area (Å²) in [4.78, 5) is 8.68. The zero-order chi connectivity index (χ0) is 23.2. The molecule has 1 aromatic heterocycles. The number of benzene rings is 2. The predicted octanol–water partition coefficient (Wildman–Crippen LogP) is 5.70. The normalized spacial score (nSPS) is 13.1. The SMILES string of the molecule is COc1cc(CN(CCN)c2nc3c(s2)CCCC3)ccc1OCc1ccccc1C(C)C. The molecule has 2 aromatic carbocycles. The van der Waals surface area contributed by atoms with E-state index in [1.807, 2.05) is 17.4 Å². The van der Waals surface area contributed by atoms with Gasteiger partial charge in [-0.15, -0.1) is 11.3 Å². The Bertz CT molecular complexity index is 1040. The van der Waals surface area contributed by atoms with Gasteiger partial charge in [-0.25, -0.2) is 4.98 Å². The molecule has 1 heterocycles. The van der Waals surface area contributed by atoms with Crippen molar-refractivity contribution in [2.75, 3.05) is 25.1 Å². The first-order valence-electron chi connectivity index (χ1n) is 11.9. The highest BCUT2D eigenvalue weighted by Crippen LogP contribution is 2.34. The second-order valence-corrected chi connectivity index (χ2v) is 9.97. The molecule has 2 N–H and O–H groups in total. The average Bonchev–Trinajstić information content (AvgIpc) is 3.27. The van der Waals surface area contributed by atoms with E-state index in [-0.39, 0.29) is 0 Å². The smallest absolute Gasteiger partial charge is 0.186 e. The number of thiazole rings is 1. The van der Waals surface area contributed by atoms with Crippen LogP contribution in [0.1, 0.15) is 59.9 Å². The number of methoxy groups -OCH3 is 1. The van der Waals surface area contributed by atoms with E-state index < -0.39 is 0 Å². The van der Waals surface area contributed by atoms with Gasteiger partial charge in [-0.2, -0.15) is 0 Å². The van der Waals surface area contributed by atoms with E-state index >= 15 is 0 Å². The molecule has 0 atom stereocenters. The zero-order valence-electron chi connectivity index (χ0n) is 20.0. The molecule has 6 heteroatoms. The van der Waals surface area contributed by atoms with Crippen molar-refractivity contribution in [2.24, 2.45) is 5.73 Å². The lowest BCUT2D eigenvalue weighted by molar-refractivity contribution is 0.283. The number of nitrogens with two attached hydrogens (primary N) is 1. The van der Waals surface area contributed by atoms with Gasteiger partial charge in [-0.05, 0) is 60.4 Å². The van der Waals surface area contributed by atoms with Crippen LogP contribution in [0.4, 0.5) is 5.13 Å². The van der Waals surface area contributed by atoms with E-state index in [4.69, 9.17) is 20.2 Å². The van der Waals surface area contributed by atoms with Gasteiger partial charge in [0.05, 0.1) is 12.8 Å². The third-order valence-electron chi connectivity index (χ3n) is 6.17. The molecule has 0 aliphatic heterocycles. The highest BCUT2D eigenvalue weighted by atomic mass is 32.1. The Labute approximate surface area is 201 Å². The monoisotopic (exact) mass is 465 g/mol. The highest BCUT2D eigenvalue weighted by molar-refractivity contribution is 7.15. The summed E-state index contributed by atoms with van der Waals surface area (Å²) in [6, 6.07) is 14.7. The molecule has 0 spiro atoms. The van der Waals surface area contributed by atoms with E-state index in [0.29, 0.717) is 19.1 Å². The Balaban J connectivity index is 1.49. The van der Waals surface area contributed by atoms with Gasteiger partial charge in [0.1, 0.15) is 6.61 Å². The summed E-state index contributed by atoms with van der Waals surface area (Å²) in [7, 11) is 1.70. The van der Waals surface area contributed by atoms with Crippen LogP contribution >= 0.6 is 11.3 Å². The number of nitrogens with zero attached hydrogens (tertiary/aromatic N) is 2. The number of aromatic nitrogens is 1. The van der Waals surface area contributed by atoms with Crippen LogP contribution in [0.5, 0.6) is 11.5 Å². The molecule has 1 aliphatic carbocycles. The summed E-state index contributed by atoms with van der Waals surface area (Å²) in [6.07, 6.45) is 4.77. The Morgan fingerprint density at radius 1 is 1.09 bits per heavy atom. The number of rotatable bonds is 10. The summed E-state index contributed by atoms with van der Waals surface area (Å²) in [5, 5.41) is 1.08. The molecule has 176 valence electrons. The first-order chi connectivity index (χ1) is 16.1. The fraction of sp³-hybridized carbons (Fsp3) is 0.444. The number of hydrogen-bond acceptors (Lipinski definition) is 6. The molecular weight excluding hydrogens is 430 g/mol. The number of anilines is 1. The van der Waals surface area contributed by atoms with Crippen molar-refractivity contribution >= 4 is 16.5 Å². The van der Waals surface area contributed by atoms with Crippen molar-refractivity contribution in [3.8, 4) is 11.5 Å². The number of aryl methyl sites for hydroxylation is 2. The minimum Gasteiger partial charge on any atom is -0.493 e. The van der Waals surface area contributed by atoms with Gasteiger partial charge >= 0.3 is 0 Å². The number of ether oxygens (including phenoxy) is 2.